The van der Waals surface area contributed by atoms with E-state index in [-0.39, 0.29) is 11.5 Å². The minimum atomic E-state index is -4.38. The van der Waals surface area contributed by atoms with E-state index < -0.39 is 11.7 Å². The summed E-state index contributed by atoms with van der Waals surface area (Å²) in [5.41, 5.74) is -0.462. The number of nitrogens with one attached hydrogen (secondary N) is 1. The molecule has 2 aromatic rings. The van der Waals surface area contributed by atoms with Gasteiger partial charge in [-0.05, 0) is 31.0 Å². The number of halogens is 3. The van der Waals surface area contributed by atoms with Crippen LogP contribution >= 0.6 is 0 Å². The number of aromatic nitrogens is 2. The predicted molar refractivity (Wildman–Crippen MR) is 64.6 cm³/mol. The maximum absolute atomic E-state index is 12.6. The van der Waals surface area contributed by atoms with Crippen LogP contribution in [0.15, 0.2) is 28.7 Å². The number of rotatable bonds is 4. The summed E-state index contributed by atoms with van der Waals surface area (Å²) in [5, 5.41) is 10.8. The molecule has 1 aromatic carbocycles. The van der Waals surface area contributed by atoms with Crippen LogP contribution in [0.4, 0.5) is 13.2 Å². The zero-order valence-corrected chi connectivity index (χ0v) is 10.4. The Morgan fingerprint density at radius 2 is 2.05 bits per heavy atom. The Kier molecular flexibility index (Phi) is 3.21. The molecule has 106 valence electrons. The van der Waals surface area contributed by atoms with Crippen LogP contribution in [-0.4, -0.2) is 16.2 Å². The Balaban J connectivity index is 1.78. The topological polar surface area (TPSA) is 51.0 Å². The Bertz CT molecular complexity index is 605. The van der Waals surface area contributed by atoms with Gasteiger partial charge in [0, 0.05) is 11.6 Å². The maximum Gasteiger partial charge on any atom is 0.416 e. The summed E-state index contributed by atoms with van der Waals surface area (Å²) in [6.07, 6.45) is -2.12. The van der Waals surface area contributed by atoms with E-state index in [4.69, 9.17) is 4.42 Å². The van der Waals surface area contributed by atoms with Gasteiger partial charge in [-0.15, -0.1) is 10.2 Å². The van der Waals surface area contributed by atoms with Crippen LogP contribution in [-0.2, 0) is 12.7 Å². The van der Waals surface area contributed by atoms with Crippen molar-refractivity contribution in [3.8, 4) is 11.5 Å². The first kappa shape index (κ1) is 13.1. The van der Waals surface area contributed by atoms with E-state index in [1.807, 2.05) is 0 Å². The highest BCUT2D eigenvalue weighted by molar-refractivity contribution is 5.54. The summed E-state index contributed by atoms with van der Waals surface area (Å²) in [4.78, 5) is 0. The Labute approximate surface area is 113 Å². The number of hydrogen-bond donors (Lipinski definition) is 1. The van der Waals surface area contributed by atoms with Gasteiger partial charge in [0.25, 0.3) is 0 Å². The molecule has 0 radical (unpaired) electrons. The lowest BCUT2D eigenvalue weighted by Crippen LogP contribution is -2.15. The van der Waals surface area contributed by atoms with Crippen LogP contribution in [0.25, 0.3) is 11.5 Å². The van der Waals surface area contributed by atoms with Crippen molar-refractivity contribution >= 4 is 0 Å². The largest absolute Gasteiger partial charge is 0.419 e. The second-order valence-electron chi connectivity index (χ2n) is 4.73. The maximum atomic E-state index is 12.6. The van der Waals surface area contributed by atoms with Crippen molar-refractivity contribution in [2.45, 2.75) is 31.6 Å². The monoisotopic (exact) mass is 283 g/mol. The molecule has 0 unspecified atom stereocenters. The summed E-state index contributed by atoms with van der Waals surface area (Å²) in [5.74, 6) is 0.480. The molecule has 1 saturated carbocycles. The van der Waals surface area contributed by atoms with Gasteiger partial charge >= 0.3 is 6.18 Å². The molecule has 0 amide bonds. The van der Waals surface area contributed by atoms with Gasteiger partial charge in [0.2, 0.25) is 11.8 Å². The molecule has 0 atom stereocenters. The summed E-state index contributed by atoms with van der Waals surface area (Å²) >= 11 is 0. The lowest BCUT2D eigenvalue weighted by molar-refractivity contribution is -0.137. The molecule has 1 fully saturated rings. The van der Waals surface area contributed by atoms with Crippen LogP contribution in [0.1, 0.15) is 24.3 Å². The molecule has 20 heavy (non-hydrogen) atoms. The normalized spacial score (nSPS) is 15.6. The first-order valence-electron chi connectivity index (χ1n) is 6.26. The Morgan fingerprint density at radius 1 is 1.25 bits per heavy atom. The van der Waals surface area contributed by atoms with Crippen molar-refractivity contribution in [1.82, 2.24) is 15.5 Å². The van der Waals surface area contributed by atoms with E-state index in [1.54, 1.807) is 0 Å². The minimum absolute atomic E-state index is 0.101. The fourth-order valence-corrected chi connectivity index (χ4v) is 1.79. The SMILES string of the molecule is FC(F)(F)c1cccc(-c2nnc(CNC3CC3)o2)c1. The highest BCUT2D eigenvalue weighted by atomic mass is 19.4. The second-order valence-corrected chi connectivity index (χ2v) is 4.73. The van der Waals surface area contributed by atoms with Gasteiger partial charge in [-0.25, -0.2) is 0 Å². The summed E-state index contributed by atoms with van der Waals surface area (Å²) in [6, 6.07) is 5.35. The number of benzene rings is 1. The number of nitrogens with zero attached hydrogens (tertiary/aromatic N) is 2. The zero-order valence-electron chi connectivity index (χ0n) is 10.4. The van der Waals surface area contributed by atoms with Gasteiger partial charge in [0.15, 0.2) is 0 Å². The first-order valence-corrected chi connectivity index (χ1v) is 6.26. The number of hydrogen-bond acceptors (Lipinski definition) is 4. The molecule has 4 nitrogen and oxygen atoms in total. The number of alkyl halides is 3. The minimum Gasteiger partial charge on any atom is -0.419 e. The molecule has 1 heterocycles. The molecule has 7 heteroatoms. The molecule has 0 saturated heterocycles. The average molecular weight is 283 g/mol. The van der Waals surface area contributed by atoms with Crippen LogP contribution in [0, 0.1) is 0 Å². The van der Waals surface area contributed by atoms with Gasteiger partial charge in [-0.1, -0.05) is 6.07 Å². The van der Waals surface area contributed by atoms with Crippen molar-refractivity contribution in [1.29, 1.82) is 0 Å². The fourth-order valence-electron chi connectivity index (χ4n) is 1.79. The summed E-state index contributed by atoms with van der Waals surface area (Å²) in [7, 11) is 0. The van der Waals surface area contributed by atoms with E-state index in [0.717, 1.165) is 25.0 Å². The third-order valence-electron chi connectivity index (χ3n) is 3.02. The quantitative estimate of drug-likeness (QED) is 0.937. The van der Waals surface area contributed by atoms with E-state index in [9.17, 15) is 13.2 Å². The van der Waals surface area contributed by atoms with Gasteiger partial charge in [-0.2, -0.15) is 13.2 Å². The van der Waals surface area contributed by atoms with E-state index in [2.05, 4.69) is 15.5 Å². The highest BCUT2D eigenvalue weighted by Gasteiger charge is 2.30. The van der Waals surface area contributed by atoms with Crippen molar-refractivity contribution in [2.75, 3.05) is 0 Å². The molecular formula is C13H12F3N3O. The van der Waals surface area contributed by atoms with Gasteiger partial charge < -0.3 is 9.73 Å². The third-order valence-corrected chi connectivity index (χ3v) is 3.02. The van der Waals surface area contributed by atoms with Gasteiger partial charge in [-0.3, -0.25) is 0 Å². The molecule has 0 bridgehead atoms. The van der Waals surface area contributed by atoms with Crippen molar-refractivity contribution in [3.63, 3.8) is 0 Å². The molecule has 3 rings (SSSR count). The second kappa shape index (κ2) is 4.90. The molecule has 1 aromatic heterocycles. The van der Waals surface area contributed by atoms with E-state index in [0.29, 0.717) is 18.5 Å². The first-order chi connectivity index (χ1) is 9.52. The predicted octanol–water partition coefficient (Wildman–Crippen LogP) is 3.01. The highest BCUT2D eigenvalue weighted by Crippen LogP contribution is 2.31. The Morgan fingerprint density at radius 3 is 2.75 bits per heavy atom. The summed E-state index contributed by atoms with van der Waals surface area (Å²) < 4.78 is 43.2. The lowest BCUT2D eigenvalue weighted by Gasteiger charge is -2.06. The lowest BCUT2D eigenvalue weighted by atomic mass is 10.1. The Hall–Kier alpha value is -1.89. The van der Waals surface area contributed by atoms with Crippen LogP contribution in [0.2, 0.25) is 0 Å². The van der Waals surface area contributed by atoms with Crippen LogP contribution in [0.5, 0.6) is 0 Å². The standard InChI is InChI=1S/C13H12F3N3O/c14-13(15,16)9-3-1-2-8(6-9)12-19-18-11(20-12)7-17-10-4-5-10/h1-3,6,10,17H,4-5,7H2. The van der Waals surface area contributed by atoms with E-state index in [1.165, 1.54) is 12.1 Å². The van der Waals surface area contributed by atoms with Crippen LogP contribution in [0.3, 0.4) is 0 Å². The van der Waals surface area contributed by atoms with Crippen molar-refractivity contribution < 1.29 is 17.6 Å². The third kappa shape index (κ3) is 2.98. The molecular weight excluding hydrogens is 271 g/mol. The molecule has 1 aliphatic carbocycles. The molecule has 0 spiro atoms. The zero-order chi connectivity index (χ0) is 14.2. The average Bonchev–Trinajstić information content (AvgIpc) is 3.12. The smallest absolute Gasteiger partial charge is 0.416 e. The molecule has 0 aliphatic heterocycles. The van der Waals surface area contributed by atoms with Gasteiger partial charge in [0.05, 0.1) is 12.1 Å². The fraction of sp³-hybridized carbons (Fsp3) is 0.385. The van der Waals surface area contributed by atoms with Crippen LogP contribution < -0.4 is 5.32 Å². The molecule has 1 N–H and O–H groups in total. The molecule has 1 aliphatic rings. The van der Waals surface area contributed by atoms with E-state index >= 15 is 0 Å². The summed E-state index contributed by atoms with van der Waals surface area (Å²) in [6.45, 7) is 0.441. The van der Waals surface area contributed by atoms with Gasteiger partial charge in [0.1, 0.15) is 0 Å². The van der Waals surface area contributed by atoms with Crippen molar-refractivity contribution in [3.05, 3.63) is 35.7 Å². The van der Waals surface area contributed by atoms with Crippen molar-refractivity contribution in [2.24, 2.45) is 0 Å².